The Morgan fingerprint density at radius 1 is 1.00 bits per heavy atom. The molecule has 0 amide bonds. The highest BCUT2D eigenvalue weighted by Gasteiger charge is 2.73. The summed E-state index contributed by atoms with van der Waals surface area (Å²) < 4.78 is 78.2. The molecule has 0 N–H and O–H groups in total. The number of halogens is 7. The first kappa shape index (κ1) is 16.0. The van der Waals surface area contributed by atoms with E-state index in [1.807, 2.05) is 0 Å². The molecule has 9 heteroatoms. The predicted octanol–water partition coefficient (Wildman–Crippen LogP) is 3.80. The predicted molar refractivity (Wildman–Crippen MR) is 49.6 cm³/mol. The highest BCUT2D eigenvalue weighted by molar-refractivity contribution is 7.22. The van der Waals surface area contributed by atoms with Gasteiger partial charge in [-0.3, -0.25) is 0 Å². The highest BCUT2D eigenvalue weighted by Crippen LogP contribution is 2.46. The summed E-state index contributed by atoms with van der Waals surface area (Å²) in [6, 6.07) is -1.21. The van der Waals surface area contributed by atoms with Crippen LogP contribution in [0.2, 0.25) is 6.04 Å². The first-order valence-electron chi connectivity index (χ1n) is 4.46. The van der Waals surface area contributed by atoms with Crippen molar-refractivity contribution in [2.24, 2.45) is 0 Å². The van der Waals surface area contributed by atoms with E-state index in [0.717, 1.165) is 0 Å². The molecule has 0 heterocycles. The van der Waals surface area contributed by atoms with Crippen molar-refractivity contribution in [2.75, 3.05) is 13.2 Å². The molecule has 0 aromatic heterocycles. The lowest BCUT2D eigenvalue weighted by Crippen LogP contribution is -2.58. The van der Waals surface area contributed by atoms with Crippen LogP contribution >= 0.6 is 11.1 Å². The minimum absolute atomic E-state index is 0.122. The molecule has 0 aliphatic carbocycles. The average Bonchev–Trinajstić information content (AvgIpc) is 2.08. The normalized spacial score (nSPS) is 14.2. The van der Waals surface area contributed by atoms with Crippen molar-refractivity contribution >= 4 is 18.5 Å². The SMILES string of the molecule is CCCOCC[Si](Cl)(C(F)(F)F)C(F)(F)F. The second-order valence-electron chi connectivity index (χ2n) is 3.16. The van der Waals surface area contributed by atoms with Crippen LogP contribution < -0.4 is 0 Å². The molecule has 98 valence electrons. The van der Waals surface area contributed by atoms with Crippen molar-refractivity contribution in [2.45, 2.75) is 31.0 Å². The fourth-order valence-corrected chi connectivity index (χ4v) is 2.45. The number of rotatable bonds is 5. The molecule has 0 fully saturated rings. The zero-order valence-corrected chi connectivity index (χ0v) is 10.1. The van der Waals surface area contributed by atoms with Gasteiger partial charge in [-0.1, -0.05) is 6.92 Å². The van der Waals surface area contributed by atoms with Gasteiger partial charge in [0.2, 0.25) is 0 Å². The quantitative estimate of drug-likeness (QED) is 0.324. The summed E-state index contributed by atoms with van der Waals surface area (Å²) in [4.78, 5) is 0. The third-order valence-electron chi connectivity index (χ3n) is 1.84. The van der Waals surface area contributed by atoms with Gasteiger partial charge in [-0.05, 0) is 12.5 Å². The van der Waals surface area contributed by atoms with Gasteiger partial charge in [-0.25, -0.2) is 0 Å². The highest BCUT2D eigenvalue weighted by atomic mass is 35.6. The van der Waals surface area contributed by atoms with Crippen LogP contribution in [0, 0.1) is 0 Å². The van der Waals surface area contributed by atoms with Crippen molar-refractivity contribution in [3.8, 4) is 0 Å². The lowest BCUT2D eigenvalue weighted by Gasteiger charge is -2.28. The summed E-state index contributed by atoms with van der Waals surface area (Å²) in [5, 5.41) is 0. The molecule has 1 nitrogen and oxygen atoms in total. The van der Waals surface area contributed by atoms with Gasteiger partial charge in [0.25, 0.3) is 0 Å². The molecule has 0 radical (unpaired) electrons. The van der Waals surface area contributed by atoms with E-state index >= 15 is 0 Å². The van der Waals surface area contributed by atoms with Crippen LogP contribution in [0.1, 0.15) is 13.3 Å². The molecule has 0 rings (SSSR count). The third kappa shape index (κ3) is 3.81. The first-order valence-corrected chi connectivity index (χ1v) is 7.68. The van der Waals surface area contributed by atoms with Crippen molar-refractivity contribution in [3.63, 3.8) is 0 Å². The maximum absolute atomic E-state index is 12.3. The van der Waals surface area contributed by atoms with E-state index in [-0.39, 0.29) is 6.61 Å². The smallest absolute Gasteiger partial charge is 0.382 e. The van der Waals surface area contributed by atoms with Gasteiger partial charge in [0.05, 0.1) is 0 Å². The molecular formula is C7H11ClF6OSi. The van der Waals surface area contributed by atoms with Crippen LogP contribution in [-0.2, 0) is 4.74 Å². The zero-order chi connectivity index (χ0) is 13.0. The van der Waals surface area contributed by atoms with Crippen LogP contribution in [0.5, 0.6) is 0 Å². The Kier molecular flexibility index (Phi) is 5.61. The van der Waals surface area contributed by atoms with Crippen LogP contribution in [0.25, 0.3) is 0 Å². The minimum atomic E-state index is -5.86. The second kappa shape index (κ2) is 5.59. The fourth-order valence-electron chi connectivity index (χ4n) is 0.903. The largest absolute Gasteiger partial charge is 0.399 e. The monoisotopic (exact) mass is 288 g/mol. The van der Waals surface area contributed by atoms with Gasteiger partial charge in [0, 0.05) is 13.2 Å². The van der Waals surface area contributed by atoms with Crippen LogP contribution in [0.4, 0.5) is 26.3 Å². The van der Waals surface area contributed by atoms with E-state index in [0.29, 0.717) is 6.42 Å². The van der Waals surface area contributed by atoms with E-state index in [4.69, 9.17) is 11.1 Å². The minimum Gasteiger partial charge on any atom is -0.382 e. The Hall–Kier alpha value is 0.0469. The van der Waals surface area contributed by atoms with E-state index in [9.17, 15) is 26.3 Å². The summed E-state index contributed by atoms with van der Waals surface area (Å²) in [6.07, 6.45) is 0.523. The Morgan fingerprint density at radius 3 is 1.75 bits per heavy atom. The van der Waals surface area contributed by atoms with Crippen LogP contribution in [0.15, 0.2) is 0 Å². The maximum Gasteiger partial charge on any atom is 0.399 e. The number of alkyl halides is 6. The van der Waals surface area contributed by atoms with Gasteiger partial charge < -0.3 is 4.74 Å². The topological polar surface area (TPSA) is 9.23 Å². The Bertz CT molecular complexity index is 202. The van der Waals surface area contributed by atoms with E-state index in [1.54, 1.807) is 6.92 Å². The fraction of sp³-hybridized carbons (Fsp3) is 1.00. The van der Waals surface area contributed by atoms with E-state index < -0.39 is 31.6 Å². The van der Waals surface area contributed by atoms with Crippen LogP contribution in [0.3, 0.4) is 0 Å². The first-order chi connectivity index (χ1) is 7.06. The number of ether oxygens (including phenoxy) is 1. The van der Waals surface area contributed by atoms with Gasteiger partial charge in [0.1, 0.15) is 0 Å². The molecule has 0 aliphatic heterocycles. The Labute approximate surface area is 94.4 Å². The molecule has 0 aromatic carbocycles. The number of hydrogen-bond donors (Lipinski definition) is 0. The van der Waals surface area contributed by atoms with Gasteiger partial charge in [-0.2, -0.15) is 26.3 Å². The Morgan fingerprint density at radius 2 is 1.44 bits per heavy atom. The molecule has 0 saturated carbocycles. The van der Waals surface area contributed by atoms with E-state index in [2.05, 4.69) is 4.74 Å². The summed E-state index contributed by atoms with van der Waals surface area (Å²) in [5.74, 6) is -10.8. The second-order valence-corrected chi connectivity index (χ2v) is 8.33. The summed E-state index contributed by atoms with van der Waals surface area (Å²) >= 11 is 4.78. The standard InChI is InChI=1S/C7H11ClF6OSi/c1-2-3-15-4-5-16(8,6(9,10)11)7(12,13)14/h2-5H2,1H3. The molecule has 0 aliphatic rings. The van der Waals surface area contributed by atoms with Crippen molar-refractivity contribution in [3.05, 3.63) is 0 Å². The molecule has 0 saturated heterocycles. The van der Waals surface area contributed by atoms with Crippen LogP contribution in [-0.4, -0.2) is 32.2 Å². The summed E-state index contributed by atoms with van der Waals surface area (Å²) in [6.45, 7) is 1.19. The van der Waals surface area contributed by atoms with Crippen molar-refractivity contribution in [1.29, 1.82) is 0 Å². The van der Waals surface area contributed by atoms with Gasteiger partial charge >= 0.3 is 19.0 Å². The maximum atomic E-state index is 12.3. The van der Waals surface area contributed by atoms with Crippen molar-refractivity contribution < 1.29 is 31.1 Å². The van der Waals surface area contributed by atoms with Gasteiger partial charge in [-0.15, -0.1) is 11.1 Å². The molecule has 0 aromatic rings. The lowest BCUT2D eigenvalue weighted by molar-refractivity contribution is -0.109. The Balaban J connectivity index is 4.59. The average molecular weight is 289 g/mol. The van der Waals surface area contributed by atoms with Gasteiger partial charge in [0.15, 0.2) is 0 Å². The molecule has 16 heavy (non-hydrogen) atoms. The molecule has 0 atom stereocenters. The third-order valence-corrected chi connectivity index (χ3v) is 6.38. The molecule has 0 unspecified atom stereocenters. The lowest BCUT2D eigenvalue weighted by atomic mass is 10.5. The summed E-state index contributed by atoms with van der Waals surface area (Å²) in [5.41, 5.74) is 0. The van der Waals surface area contributed by atoms with Crippen molar-refractivity contribution in [1.82, 2.24) is 0 Å². The van der Waals surface area contributed by atoms with E-state index in [1.165, 1.54) is 0 Å². The molecule has 0 spiro atoms. The zero-order valence-electron chi connectivity index (χ0n) is 8.38. The number of hydrogen-bond acceptors (Lipinski definition) is 1. The summed E-state index contributed by atoms with van der Waals surface area (Å²) in [7, 11) is -5.86. The molecule has 0 bridgehead atoms. The molecular weight excluding hydrogens is 278 g/mol.